The summed E-state index contributed by atoms with van der Waals surface area (Å²) in [5.74, 6) is 1.79. The van der Waals surface area contributed by atoms with Crippen LogP contribution in [0.1, 0.15) is 18.2 Å². The van der Waals surface area contributed by atoms with Gasteiger partial charge in [-0.15, -0.1) is 0 Å². The van der Waals surface area contributed by atoms with Gasteiger partial charge >= 0.3 is 0 Å². The summed E-state index contributed by atoms with van der Waals surface area (Å²) in [5, 5.41) is 0. The molecule has 1 aromatic rings. The van der Waals surface area contributed by atoms with Crippen molar-refractivity contribution in [2.45, 2.75) is 12.6 Å². The van der Waals surface area contributed by atoms with Crippen LogP contribution in [-0.4, -0.2) is 51.2 Å². The third kappa shape index (κ3) is 2.44. The molecule has 18 heavy (non-hydrogen) atoms. The quantitative estimate of drug-likeness (QED) is 0.819. The summed E-state index contributed by atoms with van der Waals surface area (Å²) < 4.78 is 10.8. The lowest BCUT2D eigenvalue weighted by Crippen LogP contribution is -2.43. The molecule has 1 saturated heterocycles. The van der Waals surface area contributed by atoms with Crippen molar-refractivity contribution in [3.63, 3.8) is 0 Å². The van der Waals surface area contributed by atoms with Crippen molar-refractivity contribution in [2.75, 3.05) is 41.4 Å². The SMILES string of the molecule is COc1ccc(OC)c(C2N(C)CCCN2C)c1. The molecular formula is C14H22N2O2. The van der Waals surface area contributed by atoms with Gasteiger partial charge in [-0.3, -0.25) is 9.80 Å². The maximum Gasteiger partial charge on any atom is 0.125 e. The van der Waals surface area contributed by atoms with Crippen LogP contribution in [-0.2, 0) is 0 Å². The molecule has 0 atom stereocenters. The molecule has 0 amide bonds. The minimum Gasteiger partial charge on any atom is -0.497 e. The third-order valence-electron chi connectivity index (χ3n) is 3.57. The highest BCUT2D eigenvalue weighted by molar-refractivity contribution is 5.42. The Morgan fingerprint density at radius 3 is 2.28 bits per heavy atom. The smallest absolute Gasteiger partial charge is 0.125 e. The predicted octanol–water partition coefficient (Wildman–Crippen LogP) is 1.97. The van der Waals surface area contributed by atoms with Gasteiger partial charge in [0.15, 0.2) is 0 Å². The molecule has 4 nitrogen and oxygen atoms in total. The summed E-state index contributed by atoms with van der Waals surface area (Å²) >= 11 is 0. The zero-order valence-electron chi connectivity index (χ0n) is 11.6. The van der Waals surface area contributed by atoms with Gasteiger partial charge in [0, 0.05) is 18.7 Å². The Labute approximate surface area is 109 Å². The zero-order valence-corrected chi connectivity index (χ0v) is 11.6. The Hall–Kier alpha value is -1.26. The molecule has 2 rings (SSSR count). The molecule has 0 N–H and O–H groups in total. The van der Waals surface area contributed by atoms with Crippen LogP contribution in [0, 0.1) is 0 Å². The standard InChI is InChI=1S/C14H22N2O2/c1-15-8-5-9-16(2)14(15)12-10-11(17-3)6-7-13(12)18-4/h6-7,10,14H,5,8-9H2,1-4H3. The topological polar surface area (TPSA) is 24.9 Å². The van der Waals surface area contributed by atoms with Crippen molar-refractivity contribution in [2.24, 2.45) is 0 Å². The number of ether oxygens (including phenoxy) is 2. The number of rotatable bonds is 3. The molecule has 0 unspecified atom stereocenters. The molecule has 1 heterocycles. The summed E-state index contributed by atoms with van der Waals surface area (Å²) in [7, 11) is 7.71. The van der Waals surface area contributed by atoms with Gasteiger partial charge in [-0.25, -0.2) is 0 Å². The van der Waals surface area contributed by atoms with Crippen LogP contribution < -0.4 is 9.47 Å². The predicted molar refractivity (Wildman–Crippen MR) is 72.2 cm³/mol. The van der Waals surface area contributed by atoms with Crippen LogP contribution in [0.5, 0.6) is 11.5 Å². The van der Waals surface area contributed by atoms with Crippen LogP contribution in [0.4, 0.5) is 0 Å². The first-order valence-corrected chi connectivity index (χ1v) is 6.29. The minimum atomic E-state index is 0.254. The number of benzene rings is 1. The van der Waals surface area contributed by atoms with E-state index in [2.05, 4.69) is 30.0 Å². The molecule has 1 aliphatic rings. The van der Waals surface area contributed by atoms with E-state index >= 15 is 0 Å². The molecule has 0 spiro atoms. The summed E-state index contributed by atoms with van der Waals surface area (Å²) in [6.07, 6.45) is 1.46. The Morgan fingerprint density at radius 1 is 1.06 bits per heavy atom. The summed E-state index contributed by atoms with van der Waals surface area (Å²) in [5.41, 5.74) is 1.17. The fraction of sp³-hybridized carbons (Fsp3) is 0.571. The van der Waals surface area contributed by atoms with E-state index in [4.69, 9.17) is 9.47 Å². The highest BCUT2D eigenvalue weighted by Crippen LogP contribution is 2.35. The third-order valence-corrected chi connectivity index (χ3v) is 3.57. The van der Waals surface area contributed by atoms with Crippen molar-refractivity contribution in [3.8, 4) is 11.5 Å². The van der Waals surface area contributed by atoms with Gasteiger partial charge in [0.2, 0.25) is 0 Å². The second-order valence-electron chi connectivity index (χ2n) is 4.80. The van der Waals surface area contributed by atoms with Crippen LogP contribution in [0.15, 0.2) is 18.2 Å². The number of hydrogen-bond acceptors (Lipinski definition) is 4. The average Bonchev–Trinajstić information content (AvgIpc) is 2.38. The second-order valence-corrected chi connectivity index (χ2v) is 4.80. The fourth-order valence-corrected chi connectivity index (χ4v) is 2.67. The minimum absolute atomic E-state index is 0.254. The molecule has 1 aliphatic heterocycles. The van der Waals surface area contributed by atoms with Crippen LogP contribution in [0.25, 0.3) is 0 Å². The molecule has 0 aliphatic carbocycles. The van der Waals surface area contributed by atoms with E-state index in [1.807, 2.05) is 12.1 Å². The Bertz CT molecular complexity index is 399. The monoisotopic (exact) mass is 250 g/mol. The molecule has 100 valence electrons. The van der Waals surface area contributed by atoms with Gasteiger partial charge in [-0.1, -0.05) is 0 Å². The zero-order chi connectivity index (χ0) is 13.1. The highest BCUT2D eigenvalue weighted by Gasteiger charge is 2.28. The number of methoxy groups -OCH3 is 2. The van der Waals surface area contributed by atoms with Gasteiger partial charge < -0.3 is 9.47 Å². The maximum atomic E-state index is 5.49. The van der Waals surface area contributed by atoms with Crippen molar-refractivity contribution in [1.29, 1.82) is 0 Å². The number of hydrogen-bond donors (Lipinski definition) is 0. The largest absolute Gasteiger partial charge is 0.497 e. The maximum absolute atomic E-state index is 5.49. The average molecular weight is 250 g/mol. The Balaban J connectivity index is 2.40. The van der Waals surface area contributed by atoms with Crippen molar-refractivity contribution < 1.29 is 9.47 Å². The Kier molecular flexibility index (Phi) is 4.09. The van der Waals surface area contributed by atoms with E-state index < -0.39 is 0 Å². The number of nitrogens with zero attached hydrogens (tertiary/aromatic N) is 2. The van der Waals surface area contributed by atoms with Gasteiger partial charge in [-0.2, -0.15) is 0 Å². The molecular weight excluding hydrogens is 228 g/mol. The van der Waals surface area contributed by atoms with Gasteiger partial charge in [0.1, 0.15) is 11.5 Å². The van der Waals surface area contributed by atoms with Gasteiger partial charge in [0.05, 0.1) is 20.4 Å². The van der Waals surface area contributed by atoms with E-state index in [1.165, 1.54) is 12.0 Å². The first-order chi connectivity index (χ1) is 8.67. The molecule has 4 heteroatoms. The van der Waals surface area contributed by atoms with E-state index in [-0.39, 0.29) is 6.17 Å². The first-order valence-electron chi connectivity index (χ1n) is 6.29. The van der Waals surface area contributed by atoms with Gasteiger partial charge in [-0.05, 0) is 38.7 Å². The second kappa shape index (κ2) is 5.59. The molecule has 0 bridgehead atoms. The molecule has 1 aromatic carbocycles. The van der Waals surface area contributed by atoms with E-state index in [9.17, 15) is 0 Å². The van der Waals surface area contributed by atoms with Crippen LogP contribution in [0.3, 0.4) is 0 Å². The molecule has 0 radical (unpaired) electrons. The Morgan fingerprint density at radius 2 is 1.72 bits per heavy atom. The molecule has 1 fully saturated rings. The lowest BCUT2D eigenvalue weighted by atomic mass is 10.1. The van der Waals surface area contributed by atoms with E-state index in [0.29, 0.717) is 0 Å². The van der Waals surface area contributed by atoms with E-state index in [1.54, 1.807) is 14.2 Å². The first kappa shape index (κ1) is 13.2. The highest BCUT2D eigenvalue weighted by atomic mass is 16.5. The lowest BCUT2D eigenvalue weighted by Gasteiger charge is -2.40. The van der Waals surface area contributed by atoms with Crippen LogP contribution >= 0.6 is 0 Å². The van der Waals surface area contributed by atoms with Gasteiger partial charge in [0.25, 0.3) is 0 Å². The lowest BCUT2D eigenvalue weighted by molar-refractivity contribution is 0.0396. The fourth-order valence-electron chi connectivity index (χ4n) is 2.67. The van der Waals surface area contributed by atoms with Crippen LogP contribution in [0.2, 0.25) is 0 Å². The van der Waals surface area contributed by atoms with E-state index in [0.717, 1.165) is 24.6 Å². The molecule has 0 saturated carbocycles. The van der Waals surface area contributed by atoms with Crippen molar-refractivity contribution in [3.05, 3.63) is 23.8 Å². The normalized spacial score (nSPS) is 18.9. The molecule has 0 aromatic heterocycles. The van der Waals surface area contributed by atoms with Crippen molar-refractivity contribution in [1.82, 2.24) is 9.80 Å². The van der Waals surface area contributed by atoms with Crippen molar-refractivity contribution >= 4 is 0 Å². The summed E-state index contributed by atoms with van der Waals surface area (Å²) in [4.78, 5) is 4.70. The summed E-state index contributed by atoms with van der Waals surface area (Å²) in [6, 6.07) is 5.98. The summed E-state index contributed by atoms with van der Waals surface area (Å²) in [6.45, 7) is 2.21.